The molecule has 3 rings (SSSR count). The number of nitrogens with zero attached hydrogens (tertiary/aromatic N) is 2. The van der Waals surface area contributed by atoms with Crippen LogP contribution in [0.3, 0.4) is 0 Å². The Kier molecular flexibility index (Phi) is 11.6. The van der Waals surface area contributed by atoms with Gasteiger partial charge in [-0.2, -0.15) is 0 Å². The van der Waals surface area contributed by atoms with Crippen LogP contribution in [0.1, 0.15) is 25.0 Å². The molecule has 1 atom stereocenters. The summed E-state index contributed by atoms with van der Waals surface area (Å²) in [5.41, 5.74) is 1.68. The highest BCUT2D eigenvalue weighted by molar-refractivity contribution is 7.92. The molecule has 2 amide bonds. The van der Waals surface area contributed by atoms with Gasteiger partial charge >= 0.3 is 0 Å². The van der Waals surface area contributed by atoms with Crippen molar-refractivity contribution < 1.29 is 27.5 Å². The van der Waals surface area contributed by atoms with Crippen LogP contribution in [0.4, 0.5) is 5.69 Å². The van der Waals surface area contributed by atoms with Crippen LogP contribution in [0, 0.1) is 5.92 Å². The number of benzene rings is 3. The maximum absolute atomic E-state index is 14.2. The Balaban J connectivity index is 2.10. The summed E-state index contributed by atoms with van der Waals surface area (Å²) in [5.74, 6) is 0.0866. The van der Waals surface area contributed by atoms with Gasteiger partial charge in [-0.3, -0.25) is 13.9 Å². The number of anilines is 1. The molecule has 0 fully saturated rings. The fourth-order valence-corrected chi connectivity index (χ4v) is 5.41. The Bertz CT molecular complexity index is 1470. The van der Waals surface area contributed by atoms with Gasteiger partial charge in [-0.15, -0.1) is 0 Å². The molecule has 0 aliphatic rings. The van der Waals surface area contributed by atoms with E-state index in [1.54, 1.807) is 31.4 Å². The van der Waals surface area contributed by atoms with Crippen molar-refractivity contribution >= 4 is 39.1 Å². The van der Waals surface area contributed by atoms with Crippen LogP contribution in [0.5, 0.6) is 11.5 Å². The van der Waals surface area contributed by atoms with E-state index in [0.717, 1.165) is 16.1 Å². The molecule has 1 N–H and O–H groups in total. The molecular weight excluding hydrogens is 578 g/mol. The molecule has 0 aliphatic heterocycles. The van der Waals surface area contributed by atoms with Gasteiger partial charge in [0.1, 0.15) is 24.1 Å². The molecular formula is C31H38ClN3O6S. The first kappa shape index (κ1) is 32.8. The van der Waals surface area contributed by atoms with Crippen LogP contribution < -0.4 is 19.1 Å². The van der Waals surface area contributed by atoms with Gasteiger partial charge in [-0.05, 0) is 47.4 Å². The number of rotatable bonds is 14. The molecule has 226 valence electrons. The predicted octanol–water partition coefficient (Wildman–Crippen LogP) is 4.54. The van der Waals surface area contributed by atoms with E-state index in [-0.39, 0.29) is 41.3 Å². The SMILES string of the molecule is COc1cccc(CN(C(=O)CN(c2cc(Cl)ccc2OC)S(C)(=O)=O)[C@@H](Cc2ccccc2)C(=O)NCC(C)C)c1. The van der Waals surface area contributed by atoms with Crippen molar-refractivity contribution in [3.8, 4) is 11.5 Å². The first-order valence-electron chi connectivity index (χ1n) is 13.5. The van der Waals surface area contributed by atoms with Crippen LogP contribution in [0.25, 0.3) is 0 Å². The maximum atomic E-state index is 14.2. The Morgan fingerprint density at radius 2 is 1.62 bits per heavy atom. The summed E-state index contributed by atoms with van der Waals surface area (Å²) < 4.78 is 37.8. The van der Waals surface area contributed by atoms with E-state index in [1.807, 2.05) is 50.2 Å². The summed E-state index contributed by atoms with van der Waals surface area (Å²) >= 11 is 6.21. The van der Waals surface area contributed by atoms with Crippen molar-refractivity contribution in [3.63, 3.8) is 0 Å². The molecule has 0 saturated carbocycles. The fraction of sp³-hybridized carbons (Fsp3) is 0.355. The third kappa shape index (κ3) is 9.12. The number of carbonyl (C=O) groups excluding carboxylic acids is 2. The average molecular weight is 616 g/mol. The van der Waals surface area contributed by atoms with Gasteiger partial charge in [0.25, 0.3) is 0 Å². The van der Waals surface area contributed by atoms with E-state index in [0.29, 0.717) is 17.9 Å². The zero-order valence-corrected chi connectivity index (χ0v) is 26.1. The molecule has 0 heterocycles. The van der Waals surface area contributed by atoms with Crippen LogP contribution in [-0.4, -0.2) is 64.7 Å². The number of carbonyl (C=O) groups is 2. The van der Waals surface area contributed by atoms with Crippen molar-refractivity contribution in [2.45, 2.75) is 32.9 Å². The molecule has 0 radical (unpaired) electrons. The number of sulfonamides is 1. The second-order valence-corrected chi connectivity index (χ2v) is 12.6. The highest BCUT2D eigenvalue weighted by Crippen LogP contribution is 2.33. The number of nitrogens with one attached hydrogen (secondary N) is 1. The lowest BCUT2D eigenvalue weighted by Gasteiger charge is -2.34. The topological polar surface area (TPSA) is 105 Å². The minimum Gasteiger partial charge on any atom is -0.497 e. The third-order valence-electron chi connectivity index (χ3n) is 6.53. The first-order chi connectivity index (χ1) is 19.9. The molecule has 9 nitrogen and oxygen atoms in total. The van der Waals surface area contributed by atoms with Gasteiger partial charge in [0.2, 0.25) is 21.8 Å². The predicted molar refractivity (Wildman–Crippen MR) is 166 cm³/mol. The van der Waals surface area contributed by atoms with E-state index in [9.17, 15) is 18.0 Å². The van der Waals surface area contributed by atoms with Crippen LogP contribution in [0.2, 0.25) is 5.02 Å². The highest BCUT2D eigenvalue weighted by atomic mass is 35.5. The average Bonchev–Trinajstić information content (AvgIpc) is 2.96. The lowest BCUT2D eigenvalue weighted by molar-refractivity contribution is -0.140. The van der Waals surface area contributed by atoms with E-state index < -0.39 is 28.5 Å². The molecule has 0 aliphatic carbocycles. The van der Waals surface area contributed by atoms with Gasteiger partial charge in [-0.25, -0.2) is 8.42 Å². The second kappa shape index (κ2) is 14.9. The van der Waals surface area contributed by atoms with Crippen molar-refractivity contribution in [3.05, 3.63) is 88.9 Å². The van der Waals surface area contributed by atoms with Crippen molar-refractivity contribution in [2.24, 2.45) is 5.92 Å². The molecule has 3 aromatic carbocycles. The monoisotopic (exact) mass is 615 g/mol. The number of amides is 2. The number of halogens is 1. The molecule has 0 saturated heterocycles. The summed E-state index contributed by atoms with van der Waals surface area (Å²) in [6, 6.07) is 20.1. The largest absolute Gasteiger partial charge is 0.497 e. The zero-order valence-electron chi connectivity index (χ0n) is 24.5. The standard InChI is InChI=1S/C31H38ClN3O6S/c1-22(2)19-33-31(37)28(17-23-10-7-6-8-11-23)34(20-24-12-9-13-26(16-24)40-3)30(36)21-35(42(5,38)39)27-18-25(32)14-15-29(27)41-4/h6-16,18,22,28H,17,19-21H2,1-5H3,(H,33,37)/t28-/m0/s1. The zero-order chi connectivity index (χ0) is 30.9. The van der Waals surface area contributed by atoms with Crippen LogP contribution >= 0.6 is 11.6 Å². The van der Waals surface area contributed by atoms with E-state index in [2.05, 4.69) is 5.32 Å². The van der Waals surface area contributed by atoms with Crippen molar-refractivity contribution in [1.82, 2.24) is 10.2 Å². The van der Waals surface area contributed by atoms with Gasteiger partial charge < -0.3 is 19.7 Å². The molecule has 11 heteroatoms. The van der Waals surface area contributed by atoms with Crippen LogP contribution in [0.15, 0.2) is 72.8 Å². The lowest BCUT2D eigenvalue weighted by Crippen LogP contribution is -2.53. The van der Waals surface area contributed by atoms with E-state index >= 15 is 0 Å². The summed E-state index contributed by atoms with van der Waals surface area (Å²) in [6.45, 7) is 3.83. The summed E-state index contributed by atoms with van der Waals surface area (Å²) in [7, 11) is -1.03. The molecule has 0 unspecified atom stereocenters. The molecule has 0 aromatic heterocycles. The fourth-order valence-electron chi connectivity index (χ4n) is 4.40. The lowest BCUT2D eigenvalue weighted by atomic mass is 10.0. The van der Waals surface area contributed by atoms with Crippen LogP contribution in [-0.2, 0) is 32.6 Å². The van der Waals surface area contributed by atoms with E-state index in [1.165, 1.54) is 24.1 Å². The van der Waals surface area contributed by atoms with Crippen molar-refractivity contribution in [2.75, 3.05) is 37.9 Å². The number of hydrogen-bond acceptors (Lipinski definition) is 6. The van der Waals surface area contributed by atoms with Gasteiger partial charge in [0.15, 0.2) is 0 Å². The summed E-state index contributed by atoms with van der Waals surface area (Å²) in [6.07, 6.45) is 1.23. The maximum Gasteiger partial charge on any atom is 0.244 e. The number of hydrogen-bond donors (Lipinski definition) is 1. The minimum atomic E-state index is -3.98. The molecule has 3 aromatic rings. The third-order valence-corrected chi connectivity index (χ3v) is 7.89. The first-order valence-corrected chi connectivity index (χ1v) is 15.7. The van der Waals surface area contributed by atoms with Crippen molar-refractivity contribution in [1.29, 1.82) is 0 Å². The molecule has 42 heavy (non-hydrogen) atoms. The van der Waals surface area contributed by atoms with E-state index in [4.69, 9.17) is 21.1 Å². The Morgan fingerprint density at radius 1 is 0.929 bits per heavy atom. The number of methoxy groups -OCH3 is 2. The highest BCUT2D eigenvalue weighted by Gasteiger charge is 2.34. The number of ether oxygens (including phenoxy) is 2. The normalized spacial score (nSPS) is 12.0. The summed E-state index contributed by atoms with van der Waals surface area (Å²) in [4.78, 5) is 29.4. The van der Waals surface area contributed by atoms with Gasteiger partial charge in [0.05, 0.1) is 26.2 Å². The van der Waals surface area contributed by atoms with Gasteiger partial charge in [-0.1, -0.05) is 67.9 Å². The second-order valence-electron chi connectivity index (χ2n) is 10.3. The molecule has 0 bridgehead atoms. The smallest absolute Gasteiger partial charge is 0.244 e. The quantitative estimate of drug-likeness (QED) is 0.286. The summed E-state index contributed by atoms with van der Waals surface area (Å²) in [5, 5.41) is 3.23. The Labute approximate surface area is 253 Å². The Morgan fingerprint density at radius 3 is 2.24 bits per heavy atom. The Hall–Kier alpha value is -3.76. The molecule has 0 spiro atoms. The minimum absolute atomic E-state index is 0.0346. The van der Waals surface area contributed by atoms with Gasteiger partial charge in [0, 0.05) is 24.5 Å².